The first-order chi connectivity index (χ1) is 49.1. The van der Waals surface area contributed by atoms with Crippen LogP contribution in [0.3, 0.4) is 0 Å². The lowest BCUT2D eigenvalue weighted by Gasteiger charge is -2.21. The summed E-state index contributed by atoms with van der Waals surface area (Å²) < 4.78 is 68.7. The van der Waals surface area contributed by atoms with Crippen molar-refractivity contribution in [2.24, 2.45) is 23.7 Å². The highest BCUT2D eigenvalue weighted by Crippen LogP contribution is 2.45. The summed E-state index contributed by atoms with van der Waals surface area (Å²) in [6, 6.07) is 0. The van der Waals surface area contributed by atoms with Gasteiger partial charge in [0.15, 0.2) is 12.2 Å². The van der Waals surface area contributed by atoms with Crippen molar-refractivity contribution in [2.45, 2.75) is 446 Å². The second-order valence-electron chi connectivity index (χ2n) is 31.5. The van der Waals surface area contributed by atoms with Crippen molar-refractivity contribution in [3.05, 3.63) is 0 Å². The molecule has 0 saturated heterocycles. The van der Waals surface area contributed by atoms with Crippen LogP contribution in [-0.4, -0.2) is 96.7 Å². The summed E-state index contributed by atoms with van der Waals surface area (Å²) >= 11 is 0. The fraction of sp³-hybridized carbons (Fsp3) is 0.952. The number of esters is 4. The average molecular weight is 1490 g/mol. The molecule has 0 aromatic carbocycles. The van der Waals surface area contributed by atoms with Crippen LogP contribution in [0.4, 0.5) is 0 Å². The van der Waals surface area contributed by atoms with E-state index in [0.29, 0.717) is 31.6 Å². The molecular weight excluding hydrogens is 1330 g/mol. The minimum atomic E-state index is -4.96. The standard InChI is InChI=1S/C83H162O17P2/c1-9-76(8)62-54-46-37-31-25-21-17-12-10-11-13-18-22-26-32-38-47-55-63-80(85)93-69-78(99-83(88)66-58-50-40-34-28-30-36-44-52-60-74(4)5)71-97-101(89,90)95-67-77(84)68-96-102(91,92)98-72-79(70-94-81(86)64-56-48-42-41-45-53-61-75(6)7)100-82(87)65-57-49-39-33-27-23-19-15-14-16-20-24-29-35-43-51-59-73(2)3/h73-79,84H,9-72H2,1-8H3,(H,89,90)(H,91,92)/t76?,77?,78-,79-/m1/s1. The van der Waals surface area contributed by atoms with E-state index in [-0.39, 0.29) is 25.7 Å². The monoisotopic (exact) mass is 1490 g/mol. The molecule has 6 atom stereocenters. The first kappa shape index (κ1) is 100. The van der Waals surface area contributed by atoms with Gasteiger partial charge in [0.1, 0.15) is 19.3 Å². The van der Waals surface area contributed by atoms with Gasteiger partial charge in [-0.15, -0.1) is 0 Å². The third-order valence-corrected chi connectivity index (χ3v) is 21.6. The van der Waals surface area contributed by atoms with E-state index < -0.39 is 97.5 Å². The number of unbranched alkanes of at least 4 members (excludes halogenated alkanes) is 45. The van der Waals surface area contributed by atoms with Crippen LogP contribution < -0.4 is 0 Å². The Kier molecular flexibility index (Phi) is 70.6. The van der Waals surface area contributed by atoms with E-state index in [2.05, 4.69) is 55.4 Å². The lowest BCUT2D eigenvalue weighted by Crippen LogP contribution is -2.30. The predicted octanol–water partition coefficient (Wildman–Crippen LogP) is 24.8. The van der Waals surface area contributed by atoms with E-state index >= 15 is 0 Å². The lowest BCUT2D eigenvalue weighted by molar-refractivity contribution is -0.161. The number of hydrogen-bond donors (Lipinski definition) is 3. The molecule has 19 heteroatoms. The third kappa shape index (κ3) is 74.9. The molecule has 0 amide bonds. The SMILES string of the molecule is CCC(C)CCCCCCCCCCCCCCCCCCCCC(=O)OC[C@H](COP(=O)(O)OCC(O)COP(=O)(O)OC[C@@H](COC(=O)CCCCCCCCC(C)C)OC(=O)CCCCCCCCCCCCCCCCCCC(C)C)OC(=O)CCCCCCCCCCCC(C)C. The van der Waals surface area contributed by atoms with Crippen molar-refractivity contribution >= 4 is 39.5 Å². The summed E-state index contributed by atoms with van der Waals surface area (Å²) in [6.45, 7) is 14.2. The van der Waals surface area contributed by atoms with Gasteiger partial charge in [-0.1, -0.05) is 376 Å². The van der Waals surface area contributed by atoms with Crippen LogP contribution in [0.1, 0.15) is 428 Å². The van der Waals surface area contributed by atoms with E-state index in [0.717, 1.165) is 114 Å². The van der Waals surface area contributed by atoms with Crippen molar-refractivity contribution in [3.63, 3.8) is 0 Å². The summed E-state index contributed by atoms with van der Waals surface area (Å²) in [4.78, 5) is 73.0. The third-order valence-electron chi connectivity index (χ3n) is 19.7. The molecule has 4 unspecified atom stereocenters. The van der Waals surface area contributed by atoms with Gasteiger partial charge in [0.25, 0.3) is 0 Å². The molecule has 102 heavy (non-hydrogen) atoms. The zero-order valence-corrected chi connectivity index (χ0v) is 69.0. The van der Waals surface area contributed by atoms with Crippen LogP contribution in [0.2, 0.25) is 0 Å². The first-order valence-electron chi connectivity index (χ1n) is 42.7. The van der Waals surface area contributed by atoms with Crippen LogP contribution in [0.5, 0.6) is 0 Å². The van der Waals surface area contributed by atoms with E-state index in [1.165, 1.54) is 225 Å². The van der Waals surface area contributed by atoms with Gasteiger partial charge in [0.05, 0.1) is 26.4 Å². The summed E-state index contributed by atoms with van der Waals surface area (Å²) in [6.07, 6.45) is 60.0. The Morgan fingerprint density at radius 3 is 0.696 bits per heavy atom. The molecule has 0 rings (SSSR count). The number of rotatable bonds is 80. The highest BCUT2D eigenvalue weighted by atomic mass is 31.2. The average Bonchev–Trinajstić information content (AvgIpc) is 0.912. The molecule has 0 heterocycles. The van der Waals surface area contributed by atoms with Gasteiger partial charge in [0, 0.05) is 25.7 Å². The summed E-state index contributed by atoms with van der Waals surface area (Å²) in [5, 5.41) is 10.6. The number of aliphatic hydroxyl groups is 1. The van der Waals surface area contributed by atoms with Crippen LogP contribution in [0.15, 0.2) is 0 Å². The molecule has 0 radical (unpaired) electrons. The molecule has 17 nitrogen and oxygen atoms in total. The molecule has 0 aliphatic heterocycles. The van der Waals surface area contributed by atoms with E-state index in [4.69, 9.17) is 37.0 Å². The molecule has 3 N–H and O–H groups in total. The van der Waals surface area contributed by atoms with Crippen molar-refractivity contribution in [2.75, 3.05) is 39.6 Å². The molecule has 0 aliphatic rings. The molecule has 0 bridgehead atoms. The molecule has 0 aromatic rings. The van der Waals surface area contributed by atoms with Crippen molar-refractivity contribution in [1.29, 1.82) is 0 Å². The van der Waals surface area contributed by atoms with E-state index in [1.54, 1.807) is 0 Å². The number of phosphoric ester groups is 2. The zero-order valence-electron chi connectivity index (χ0n) is 67.2. The number of carbonyl (C=O) groups is 4. The number of phosphoric acid groups is 2. The fourth-order valence-electron chi connectivity index (χ4n) is 12.8. The number of hydrogen-bond acceptors (Lipinski definition) is 15. The summed E-state index contributed by atoms with van der Waals surface area (Å²) in [5.74, 6) is 0.983. The Hall–Kier alpha value is -1.94. The van der Waals surface area contributed by atoms with Crippen molar-refractivity contribution in [3.8, 4) is 0 Å². The molecule has 0 aliphatic carbocycles. The van der Waals surface area contributed by atoms with Gasteiger partial charge in [-0.2, -0.15) is 0 Å². The molecular formula is C83H162O17P2. The van der Waals surface area contributed by atoms with Crippen LogP contribution in [0.25, 0.3) is 0 Å². The van der Waals surface area contributed by atoms with Gasteiger partial charge in [-0.05, 0) is 49.4 Å². The maximum atomic E-state index is 13.1. The molecule has 0 aromatic heterocycles. The normalized spacial score (nSPS) is 14.3. The fourth-order valence-corrected chi connectivity index (χ4v) is 14.3. The number of aliphatic hydroxyl groups excluding tert-OH is 1. The highest BCUT2D eigenvalue weighted by Gasteiger charge is 2.30. The molecule has 0 spiro atoms. The quantitative estimate of drug-likeness (QED) is 0.0222. The summed E-state index contributed by atoms with van der Waals surface area (Å²) in [7, 11) is -9.92. The van der Waals surface area contributed by atoms with E-state index in [9.17, 15) is 43.2 Å². The van der Waals surface area contributed by atoms with Gasteiger partial charge < -0.3 is 33.8 Å². The minimum Gasteiger partial charge on any atom is -0.462 e. The smallest absolute Gasteiger partial charge is 0.462 e. The molecule has 606 valence electrons. The van der Waals surface area contributed by atoms with Gasteiger partial charge in [-0.3, -0.25) is 37.3 Å². The second-order valence-corrected chi connectivity index (χ2v) is 34.4. The first-order valence-corrected chi connectivity index (χ1v) is 45.7. The Morgan fingerprint density at radius 1 is 0.275 bits per heavy atom. The van der Waals surface area contributed by atoms with Gasteiger partial charge >= 0.3 is 39.5 Å². The zero-order chi connectivity index (χ0) is 75.3. The van der Waals surface area contributed by atoms with Crippen LogP contribution in [-0.2, 0) is 65.4 Å². The predicted molar refractivity (Wildman–Crippen MR) is 418 cm³/mol. The van der Waals surface area contributed by atoms with Crippen molar-refractivity contribution in [1.82, 2.24) is 0 Å². The highest BCUT2D eigenvalue weighted by molar-refractivity contribution is 7.47. The Morgan fingerprint density at radius 2 is 0.471 bits per heavy atom. The molecule has 0 fully saturated rings. The van der Waals surface area contributed by atoms with Crippen LogP contribution in [0, 0.1) is 23.7 Å². The maximum Gasteiger partial charge on any atom is 0.472 e. The van der Waals surface area contributed by atoms with Gasteiger partial charge in [-0.25, -0.2) is 9.13 Å². The maximum absolute atomic E-state index is 13.1. The lowest BCUT2D eigenvalue weighted by atomic mass is 9.99. The number of carbonyl (C=O) groups excluding carboxylic acids is 4. The minimum absolute atomic E-state index is 0.105. The Balaban J connectivity index is 5.14. The summed E-state index contributed by atoms with van der Waals surface area (Å²) in [5.41, 5.74) is 0. The van der Waals surface area contributed by atoms with Crippen molar-refractivity contribution < 1.29 is 80.2 Å². The topological polar surface area (TPSA) is 237 Å². The Labute approximate surface area is 626 Å². The van der Waals surface area contributed by atoms with Gasteiger partial charge in [0.2, 0.25) is 0 Å². The second kappa shape index (κ2) is 72.0. The molecule has 0 saturated carbocycles. The largest absolute Gasteiger partial charge is 0.472 e. The number of ether oxygens (including phenoxy) is 4. The Bertz CT molecular complexity index is 1990. The van der Waals surface area contributed by atoms with E-state index in [1.807, 2.05) is 0 Å². The van der Waals surface area contributed by atoms with Crippen LogP contribution >= 0.6 is 15.6 Å².